The number of imidazole rings is 1. The number of alkyl halides is 1. The lowest BCUT2D eigenvalue weighted by Gasteiger charge is -2.21. The minimum Gasteiger partial charge on any atom is -0.323 e. The van der Waals surface area contributed by atoms with Crippen molar-refractivity contribution in [1.29, 1.82) is 0 Å². The quantitative estimate of drug-likeness (QED) is 0.787. The summed E-state index contributed by atoms with van der Waals surface area (Å²) in [6.45, 7) is 3.04. The molecule has 0 N–H and O–H groups in total. The first kappa shape index (κ1) is 14.9. The van der Waals surface area contributed by atoms with Crippen molar-refractivity contribution in [2.45, 2.75) is 18.8 Å². The second kappa shape index (κ2) is 5.88. The summed E-state index contributed by atoms with van der Waals surface area (Å²) in [7, 11) is 4.08. The van der Waals surface area contributed by atoms with Gasteiger partial charge in [-0.05, 0) is 33.2 Å². The largest absolute Gasteiger partial charge is 0.323 e. The molecule has 0 saturated carbocycles. The van der Waals surface area contributed by atoms with Crippen molar-refractivity contribution in [3.05, 3.63) is 28.0 Å². The Morgan fingerprint density at radius 2 is 1.89 bits per heavy atom. The normalized spacial score (nSPS) is 13.4. The van der Waals surface area contributed by atoms with Crippen LogP contribution in [0.3, 0.4) is 0 Å². The SMILES string of the molecule is CC(CN(C)C)n1c(CCl)nc2cc(Cl)c(Cl)cc21. The van der Waals surface area contributed by atoms with Gasteiger partial charge in [0.05, 0.1) is 27.0 Å². The summed E-state index contributed by atoms with van der Waals surface area (Å²) >= 11 is 18.1. The van der Waals surface area contributed by atoms with Gasteiger partial charge in [0.25, 0.3) is 0 Å². The van der Waals surface area contributed by atoms with E-state index in [1.165, 1.54) is 0 Å². The maximum absolute atomic E-state index is 6.11. The molecule has 1 atom stereocenters. The highest BCUT2D eigenvalue weighted by Gasteiger charge is 2.17. The van der Waals surface area contributed by atoms with Gasteiger partial charge < -0.3 is 9.47 Å². The van der Waals surface area contributed by atoms with Crippen molar-refractivity contribution in [3.63, 3.8) is 0 Å². The van der Waals surface area contributed by atoms with Crippen LogP contribution in [0.1, 0.15) is 18.8 Å². The van der Waals surface area contributed by atoms with E-state index in [1.807, 2.05) is 20.2 Å². The Balaban J connectivity index is 2.59. The summed E-state index contributed by atoms with van der Waals surface area (Å²) in [5, 5.41) is 1.05. The number of halogens is 3. The molecule has 0 amide bonds. The third-order valence-corrected chi connectivity index (χ3v) is 3.96. The van der Waals surface area contributed by atoms with Gasteiger partial charge in [0.1, 0.15) is 5.82 Å². The molecule has 2 rings (SSSR count). The summed E-state index contributed by atoms with van der Waals surface area (Å²) in [6.07, 6.45) is 0. The van der Waals surface area contributed by atoms with Gasteiger partial charge in [0, 0.05) is 12.6 Å². The van der Waals surface area contributed by atoms with Crippen molar-refractivity contribution >= 4 is 45.8 Å². The molecular weight excluding hydrogens is 305 g/mol. The van der Waals surface area contributed by atoms with E-state index in [1.54, 1.807) is 6.07 Å². The topological polar surface area (TPSA) is 21.1 Å². The Morgan fingerprint density at radius 3 is 2.47 bits per heavy atom. The molecule has 0 aliphatic rings. The Kier molecular flexibility index (Phi) is 4.62. The molecule has 0 spiro atoms. The second-order valence-corrected chi connectivity index (χ2v) is 5.98. The van der Waals surface area contributed by atoms with Crippen LogP contribution in [-0.4, -0.2) is 35.1 Å². The van der Waals surface area contributed by atoms with Crippen LogP contribution in [0.2, 0.25) is 10.0 Å². The molecule has 2 aromatic rings. The maximum atomic E-state index is 6.11. The minimum atomic E-state index is 0.256. The number of likely N-dealkylation sites (N-methyl/N-ethyl adjacent to an activating group) is 1. The Bertz CT molecular complexity index is 592. The molecule has 0 radical (unpaired) electrons. The van der Waals surface area contributed by atoms with Gasteiger partial charge in [-0.25, -0.2) is 4.98 Å². The number of rotatable bonds is 4. The van der Waals surface area contributed by atoms with Crippen LogP contribution in [0.25, 0.3) is 11.0 Å². The maximum Gasteiger partial charge on any atom is 0.125 e. The fourth-order valence-electron chi connectivity index (χ4n) is 2.34. The van der Waals surface area contributed by atoms with Crippen LogP contribution in [0.4, 0.5) is 0 Å². The zero-order chi connectivity index (χ0) is 14.2. The molecule has 19 heavy (non-hydrogen) atoms. The molecule has 0 aliphatic carbocycles. The number of benzene rings is 1. The summed E-state index contributed by atoms with van der Waals surface area (Å²) in [5.74, 6) is 1.20. The van der Waals surface area contributed by atoms with E-state index >= 15 is 0 Å². The lowest BCUT2D eigenvalue weighted by molar-refractivity contribution is 0.337. The number of hydrogen-bond acceptors (Lipinski definition) is 2. The van der Waals surface area contributed by atoms with E-state index in [-0.39, 0.29) is 6.04 Å². The van der Waals surface area contributed by atoms with Crippen molar-refractivity contribution in [3.8, 4) is 0 Å². The highest BCUT2D eigenvalue weighted by molar-refractivity contribution is 6.42. The molecule has 1 aromatic carbocycles. The van der Waals surface area contributed by atoms with E-state index in [9.17, 15) is 0 Å². The summed E-state index contributed by atoms with van der Waals surface area (Å²) in [6, 6.07) is 3.90. The van der Waals surface area contributed by atoms with Crippen LogP contribution in [0.5, 0.6) is 0 Å². The number of fused-ring (bicyclic) bond motifs is 1. The number of hydrogen-bond donors (Lipinski definition) is 0. The van der Waals surface area contributed by atoms with Crippen LogP contribution in [-0.2, 0) is 5.88 Å². The smallest absolute Gasteiger partial charge is 0.125 e. The van der Waals surface area contributed by atoms with Crippen LogP contribution in [0, 0.1) is 0 Å². The molecule has 0 aliphatic heterocycles. The first-order valence-electron chi connectivity index (χ1n) is 6.00. The fourth-order valence-corrected chi connectivity index (χ4v) is 2.84. The third-order valence-electron chi connectivity index (χ3n) is 2.99. The zero-order valence-electron chi connectivity index (χ0n) is 11.1. The Morgan fingerprint density at radius 1 is 1.26 bits per heavy atom. The predicted molar refractivity (Wildman–Crippen MR) is 82.6 cm³/mol. The lowest BCUT2D eigenvalue weighted by Crippen LogP contribution is -2.23. The second-order valence-electron chi connectivity index (χ2n) is 4.90. The molecule has 0 fully saturated rings. The molecule has 104 valence electrons. The van der Waals surface area contributed by atoms with E-state index < -0.39 is 0 Å². The average molecular weight is 321 g/mol. The third kappa shape index (κ3) is 3.00. The minimum absolute atomic E-state index is 0.256. The Labute approximate surface area is 128 Å². The van der Waals surface area contributed by atoms with E-state index in [0.29, 0.717) is 15.9 Å². The summed E-state index contributed by atoms with van der Waals surface area (Å²) in [5.41, 5.74) is 1.80. The monoisotopic (exact) mass is 319 g/mol. The van der Waals surface area contributed by atoms with Gasteiger partial charge in [-0.1, -0.05) is 23.2 Å². The molecule has 1 unspecified atom stereocenters. The first-order chi connectivity index (χ1) is 8.93. The highest BCUT2D eigenvalue weighted by atomic mass is 35.5. The lowest BCUT2D eigenvalue weighted by atomic mass is 10.2. The van der Waals surface area contributed by atoms with Gasteiger partial charge >= 0.3 is 0 Å². The van der Waals surface area contributed by atoms with Crippen LogP contribution < -0.4 is 0 Å². The molecular formula is C13H16Cl3N3. The predicted octanol–water partition coefficient (Wildman–Crippen LogP) is 4.20. The standard InChI is InChI=1S/C13H16Cl3N3/c1-8(7-18(2)3)19-12-5-10(16)9(15)4-11(12)17-13(19)6-14/h4-5,8H,6-7H2,1-3H3. The summed E-state index contributed by atoms with van der Waals surface area (Å²) in [4.78, 5) is 6.66. The average Bonchev–Trinajstić information content (AvgIpc) is 2.66. The molecule has 1 heterocycles. The van der Waals surface area contributed by atoms with Gasteiger partial charge in [-0.2, -0.15) is 0 Å². The van der Waals surface area contributed by atoms with Crippen LogP contribution >= 0.6 is 34.8 Å². The number of nitrogens with zero attached hydrogens (tertiary/aromatic N) is 3. The van der Waals surface area contributed by atoms with Gasteiger partial charge in [-0.15, -0.1) is 11.6 Å². The van der Waals surface area contributed by atoms with E-state index in [4.69, 9.17) is 34.8 Å². The fraction of sp³-hybridized carbons (Fsp3) is 0.462. The van der Waals surface area contributed by atoms with Gasteiger partial charge in [0.2, 0.25) is 0 Å². The highest BCUT2D eigenvalue weighted by Crippen LogP contribution is 2.30. The van der Waals surface area contributed by atoms with Crippen molar-refractivity contribution in [1.82, 2.24) is 14.5 Å². The van der Waals surface area contributed by atoms with Crippen molar-refractivity contribution in [2.75, 3.05) is 20.6 Å². The van der Waals surface area contributed by atoms with Crippen molar-refractivity contribution in [2.24, 2.45) is 0 Å². The van der Waals surface area contributed by atoms with Crippen molar-refractivity contribution < 1.29 is 0 Å². The molecule has 3 nitrogen and oxygen atoms in total. The van der Waals surface area contributed by atoms with Crippen LogP contribution in [0.15, 0.2) is 12.1 Å². The first-order valence-corrected chi connectivity index (χ1v) is 7.29. The van der Waals surface area contributed by atoms with Gasteiger partial charge in [0.15, 0.2) is 0 Å². The zero-order valence-corrected chi connectivity index (χ0v) is 13.4. The van der Waals surface area contributed by atoms with Gasteiger partial charge in [-0.3, -0.25) is 0 Å². The molecule has 0 saturated heterocycles. The molecule has 6 heteroatoms. The van der Waals surface area contributed by atoms with E-state index in [0.717, 1.165) is 23.4 Å². The Hall–Kier alpha value is -0.480. The summed E-state index contributed by atoms with van der Waals surface area (Å²) < 4.78 is 2.13. The number of aromatic nitrogens is 2. The van der Waals surface area contributed by atoms with E-state index in [2.05, 4.69) is 21.4 Å². The molecule has 0 bridgehead atoms. The molecule has 1 aromatic heterocycles.